The second-order valence-electron chi connectivity index (χ2n) is 7.41. The van der Waals surface area contributed by atoms with Gasteiger partial charge in [0.05, 0.1) is 18.2 Å². The van der Waals surface area contributed by atoms with Crippen LogP contribution in [0.3, 0.4) is 0 Å². The second-order valence-corrected chi connectivity index (χ2v) is 7.82. The molecule has 2 fully saturated rings. The minimum absolute atomic E-state index is 0.0566. The summed E-state index contributed by atoms with van der Waals surface area (Å²) in [5.74, 6) is 1.31. The zero-order valence-electron chi connectivity index (χ0n) is 16.6. The van der Waals surface area contributed by atoms with E-state index in [4.69, 9.17) is 21.1 Å². The summed E-state index contributed by atoms with van der Waals surface area (Å²) in [7, 11) is 0. The highest BCUT2D eigenvalue weighted by Gasteiger charge is 2.35. The van der Waals surface area contributed by atoms with Crippen molar-refractivity contribution in [3.63, 3.8) is 0 Å². The number of hydrogen-bond donors (Lipinski definition) is 1. The van der Waals surface area contributed by atoms with Crippen LogP contribution >= 0.6 is 11.6 Å². The van der Waals surface area contributed by atoms with Gasteiger partial charge in [0.1, 0.15) is 0 Å². The number of nitrogens with one attached hydrogen (secondary N) is 1. The van der Waals surface area contributed by atoms with Gasteiger partial charge < -0.3 is 19.7 Å². The molecule has 0 unspecified atom stereocenters. The van der Waals surface area contributed by atoms with Gasteiger partial charge in [-0.25, -0.2) is 0 Å². The van der Waals surface area contributed by atoms with Crippen LogP contribution in [0.4, 0.5) is 0 Å². The highest BCUT2D eigenvalue weighted by Crippen LogP contribution is 2.37. The molecule has 1 saturated carbocycles. The van der Waals surface area contributed by atoms with Gasteiger partial charge in [-0.15, -0.1) is 0 Å². The Morgan fingerprint density at radius 1 is 1.14 bits per heavy atom. The molecule has 0 bridgehead atoms. The fraction of sp³-hybridized carbons (Fsp3) is 0.619. The molecule has 1 aromatic rings. The molecule has 0 aromatic heterocycles. The van der Waals surface area contributed by atoms with Gasteiger partial charge in [0.25, 0.3) is 5.91 Å². The quantitative estimate of drug-likeness (QED) is 0.712. The van der Waals surface area contributed by atoms with Gasteiger partial charge in [0.2, 0.25) is 5.91 Å². The van der Waals surface area contributed by atoms with E-state index in [0.29, 0.717) is 48.4 Å². The van der Waals surface area contributed by atoms with Crippen molar-refractivity contribution in [2.75, 3.05) is 26.3 Å². The van der Waals surface area contributed by atoms with Crippen molar-refractivity contribution in [2.24, 2.45) is 5.92 Å². The topological polar surface area (TPSA) is 67.9 Å². The normalized spacial score (nSPS) is 17.3. The monoisotopic (exact) mass is 408 g/mol. The molecular weight excluding hydrogens is 380 g/mol. The summed E-state index contributed by atoms with van der Waals surface area (Å²) < 4.78 is 11.3. The minimum Gasteiger partial charge on any atom is -0.490 e. The molecule has 2 aliphatic rings. The Bertz CT molecular complexity index is 713. The Balaban J connectivity index is 1.61. The molecule has 2 amide bonds. The molecule has 7 heteroatoms. The van der Waals surface area contributed by atoms with Crippen molar-refractivity contribution in [2.45, 2.75) is 52.0 Å². The van der Waals surface area contributed by atoms with Crippen LogP contribution in [0.1, 0.15) is 56.3 Å². The number of carbonyl (C=O) groups is 2. The molecular formula is C21H29ClN2O4. The first-order valence-corrected chi connectivity index (χ1v) is 10.6. The lowest BCUT2D eigenvalue weighted by molar-refractivity contribution is -0.133. The number of ether oxygens (including phenoxy) is 2. The first kappa shape index (κ1) is 20.8. The molecule has 1 N–H and O–H groups in total. The van der Waals surface area contributed by atoms with Crippen molar-refractivity contribution in [1.82, 2.24) is 10.2 Å². The van der Waals surface area contributed by atoms with Gasteiger partial charge in [0.15, 0.2) is 11.5 Å². The molecule has 0 spiro atoms. The number of halogens is 1. The number of amides is 2. The molecule has 1 aliphatic heterocycles. The first-order valence-electron chi connectivity index (χ1n) is 10.2. The Morgan fingerprint density at radius 2 is 1.86 bits per heavy atom. The van der Waals surface area contributed by atoms with Crippen LogP contribution in [0, 0.1) is 5.92 Å². The maximum Gasteiger partial charge on any atom is 0.251 e. The van der Waals surface area contributed by atoms with Gasteiger partial charge >= 0.3 is 0 Å². The van der Waals surface area contributed by atoms with Crippen LogP contribution < -0.4 is 14.8 Å². The summed E-state index contributed by atoms with van der Waals surface area (Å²) in [6.45, 7) is 6.28. The van der Waals surface area contributed by atoms with Crippen molar-refractivity contribution < 1.29 is 19.1 Å². The highest BCUT2D eigenvalue weighted by molar-refractivity contribution is 6.32. The molecule has 0 radical (unpaired) electrons. The summed E-state index contributed by atoms with van der Waals surface area (Å²) in [5, 5.41) is 3.44. The van der Waals surface area contributed by atoms with E-state index in [9.17, 15) is 9.59 Å². The highest BCUT2D eigenvalue weighted by atomic mass is 35.5. The molecule has 154 valence electrons. The number of hydrogen-bond acceptors (Lipinski definition) is 4. The third-order valence-corrected chi connectivity index (χ3v) is 5.37. The zero-order valence-corrected chi connectivity index (χ0v) is 17.4. The summed E-state index contributed by atoms with van der Waals surface area (Å²) >= 11 is 6.35. The average molecular weight is 409 g/mol. The molecule has 1 heterocycles. The Labute approximate surface area is 171 Å². The van der Waals surface area contributed by atoms with Crippen LogP contribution in [0.15, 0.2) is 12.1 Å². The second kappa shape index (κ2) is 9.50. The summed E-state index contributed by atoms with van der Waals surface area (Å²) in [5.41, 5.74) is 0.453. The maximum atomic E-state index is 12.7. The van der Waals surface area contributed by atoms with Crippen molar-refractivity contribution in [1.29, 1.82) is 0 Å². The molecule has 28 heavy (non-hydrogen) atoms. The largest absolute Gasteiger partial charge is 0.490 e. The number of benzene rings is 1. The van der Waals surface area contributed by atoms with Crippen LogP contribution in [0.5, 0.6) is 11.5 Å². The number of piperidine rings is 1. The molecule has 0 atom stereocenters. The fourth-order valence-corrected chi connectivity index (χ4v) is 3.67. The fourth-order valence-electron chi connectivity index (χ4n) is 3.41. The van der Waals surface area contributed by atoms with E-state index in [1.165, 1.54) is 0 Å². The third-order valence-electron chi connectivity index (χ3n) is 5.09. The SMILES string of the molecule is CCCOc1c(Cl)cc(C(=O)NC2CCN(C(=O)C3CC3)CC2)cc1OCC. The predicted molar refractivity (Wildman–Crippen MR) is 108 cm³/mol. The Morgan fingerprint density at radius 3 is 2.46 bits per heavy atom. The lowest BCUT2D eigenvalue weighted by Crippen LogP contribution is -2.47. The Kier molecular flexibility index (Phi) is 7.05. The van der Waals surface area contributed by atoms with Crippen molar-refractivity contribution in [3.05, 3.63) is 22.7 Å². The maximum absolute atomic E-state index is 12.7. The van der Waals surface area contributed by atoms with Gasteiger partial charge in [-0.2, -0.15) is 0 Å². The molecule has 3 rings (SSSR count). The van der Waals surface area contributed by atoms with E-state index in [1.807, 2.05) is 18.7 Å². The van der Waals surface area contributed by atoms with Gasteiger partial charge in [-0.1, -0.05) is 18.5 Å². The molecule has 6 nitrogen and oxygen atoms in total. The van der Waals surface area contributed by atoms with Crippen molar-refractivity contribution >= 4 is 23.4 Å². The minimum atomic E-state index is -0.183. The smallest absolute Gasteiger partial charge is 0.251 e. The molecule has 1 saturated heterocycles. The van der Waals surface area contributed by atoms with Gasteiger partial charge in [-0.3, -0.25) is 9.59 Å². The van der Waals surface area contributed by atoms with E-state index >= 15 is 0 Å². The van der Waals surface area contributed by atoms with E-state index in [-0.39, 0.29) is 23.8 Å². The lowest BCUT2D eigenvalue weighted by Gasteiger charge is -2.32. The van der Waals surface area contributed by atoms with Crippen LogP contribution in [0.2, 0.25) is 5.02 Å². The van der Waals surface area contributed by atoms with E-state index in [0.717, 1.165) is 32.1 Å². The van der Waals surface area contributed by atoms with E-state index < -0.39 is 0 Å². The van der Waals surface area contributed by atoms with E-state index in [1.54, 1.807) is 12.1 Å². The van der Waals surface area contributed by atoms with Crippen LogP contribution in [0.25, 0.3) is 0 Å². The first-order chi connectivity index (χ1) is 13.5. The third kappa shape index (κ3) is 5.10. The average Bonchev–Trinajstić information content (AvgIpc) is 3.53. The number of nitrogens with zero attached hydrogens (tertiary/aromatic N) is 1. The van der Waals surface area contributed by atoms with Gasteiger partial charge in [-0.05, 0) is 51.2 Å². The van der Waals surface area contributed by atoms with Gasteiger partial charge in [0, 0.05) is 30.6 Å². The number of carbonyl (C=O) groups excluding carboxylic acids is 2. The summed E-state index contributed by atoms with van der Waals surface area (Å²) in [6, 6.07) is 3.36. The van der Waals surface area contributed by atoms with Crippen molar-refractivity contribution in [3.8, 4) is 11.5 Å². The molecule has 1 aliphatic carbocycles. The predicted octanol–water partition coefficient (Wildman–Crippen LogP) is 3.66. The standard InChI is InChI=1S/C21H29ClN2O4/c1-3-11-28-19-17(22)12-15(13-18(19)27-4-2)20(25)23-16-7-9-24(10-8-16)21(26)14-5-6-14/h12-14,16H,3-11H2,1-2H3,(H,23,25). The van der Waals surface area contributed by atoms with Crippen LogP contribution in [-0.4, -0.2) is 49.1 Å². The number of rotatable bonds is 8. The van der Waals surface area contributed by atoms with Crippen LogP contribution in [-0.2, 0) is 4.79 Å². The van der Waals surface area contributed by atoms with E-state index in [2.05, 4.69) is 5.32 Å². The number of likely N-dealkylation sites (tertiary alicyclic amines) is 1. The zero-order chi connectivity index (χ0) is 20.1. The lowest BCUT2D eigenvalue weighted by atomic mass is 10.0. The summed E-state index contributed by atoms with van der Waals surface area (Å²) in [6.07, 6.45) is 4.45. The molecule has 1 aromatic carbocycles. The summed E-state index contributed by atoms with van der Waals surface area (Å²) in [4.78, 5) is 26.8. The Hall–Kier alpha value is -1.95.